The van der Waals surface area contributed by atoms with Crippen molar-refractivity contribution in [2.45, 2.75) is 33.3 Å². The number of aryl methyl sites for hydroxylation is 2. The SMILES string of the molecule is Cc1ccc2c(CC(=O)O[C@@H](C)C(=O)Nc3ccc(C)c(F)c3)coc2c1. The van der Waals surface area contributed by atoms with Crippen molar-refractivity contribution in [1.29, 1.82) is 0 Å². The Balaban J connectivity index is 1.60. The van der Waals surface area contributed by atoms with Gasteiger partial charge in [0.25, 0.3) is 5.91 Å². The van der Waals surface area contributed by atoms with Gasteiger partial charge in [0.05, 0.1) is 12.7 Å². The Hall–Kier alpha value is -3.15. The van der Waals surface area contributed by atoms with E-state index in [-0.39, 0.29) is 6.42 Å². The van der Waals surface area contributed by atoms with Crippen LogP contribution in [0.15, 0.2) is 47.1 Å². The predicted molar refractivity (Wildman–Crippen MR) is 100.0 cm³/mol. The summed E-state index contributed by atoms with van der Waals surface area (Å²) < 4.78 is 24.2. The molecule has 0 spiro atoms. The maximum atomic E-state index is 13.6. The van der Waals surface area contributed by atoms with Crippen molar-refractivity contribution in [3.05, 3.63) is 65.2 Å². The molecular formula is C21H20FNO4. The van der Waals surface area contributed by atoms with E-state index in [9.17, 15) is 14.0 Å². The number of furan rings is 1. The quantitative estimate of drug-likeness (QED) is 0.681. The minimum atomic E-state index is -1.01. The number of carbonyl (C=O) groups excluding carboxylic acids is 2. The Labute approximate surface area is 156 Å². The Bertz CT molecular complexity index is 1010. The number of ether oxygens (including phenoxy) is 1. The molecule has 0 saturated heterocycles. The maximum Gasteiger partial charge on any atom is 0.311 e. The number of hydrogen-bond donors (Lipinski definition) is 1. The van der Waals surface area contributed by atoms with E-state index in [1.165, 1.54) is 19.3 Å². The third-order valence-corrected chi connectivity index (χ3v) is 4.26. The molecule has 3 aromatic rings. The molecule has 6 heteroatoms. The molecular weight excluding hydrogens is 349 g/mol. The molecule has 2 aromatic carbocycles. The molecule has 1 aromatic heterocycles. The van der Waals surface area contributed by atoms with Crippen molar-refractivity contribution in [2.75, 3.05) is 5.32 Å². The van der Waals surface area contributed by atoms with Crippen LogP contribution in [-0.4, -0.2) is 18.0 Å². The summed E-state index contributed by atoms with van der Waals surface area (Å²) in [5.74, 6) is -1.49. The zero-order chi connectivity index (χ0) is 19.6. The molecule has 0 aliphatic heterocycles. The number of amides is 1. The van der Waals surface area contributed by atoms with Gasteiger partial charge in [0, 0.05) is 16.6 Å². The lowest BCUT2D eigenvalue weighted by Gasteiger charge is -2.13. The van der Waals surface area contributed by atoms with Crippen molar-refractivity contribution in [1.82, 2.24) is 0 Å². The van der Waals surface area contributed by atoms with Crippen molar-refractivity contribution in [3.8, 4) is 0 Å². The highest BCUT2D eigenvalue weighted by atomic mass is 19.1. The van der Waals surface area contributed by atoms with Gasteiger partial charge in [-0.1, -0.05) is 18.2 Å². The van der Waals surface area contributed by atoms with Crippen LogP contribution in [0.4, 0.5) is 10.1 Å². The maximum absolute atomic E-state index is 13.6. The number of esters is 1. The molecule has 140 valence electrons. The Morgan fingerprint density at radius 3 is 2.70 bits per heavy atom. The van der Waals surface area contributed by atoms with Crippen molar-refractivity contribution in [2.24, 2.45) is 0 Å². The van der Waals surface area contributed by atoms with E-state index < -0.39 is 23.8 Å². The largest absolute Gasteiger partial charge is 0.464 e. The predicted octanol–water partition coefficient (Wildman–Crippen LogP) is 4.30. The third-order valence-electron chi connectivity index (χ3n) is 4.26. The molecule has 1 atom stereocenters. The second-order valence-electron chi connectivity index (χ2n) is 6.52. The van der Waals surface area contributed by atoms with Crippen LogP contribution in [0, 0.1) is 19.7 Å². The number of fused-ring (bicyclic) bond motifs is 1. The van der Waals surface area contributed by atoms with Gasteiger partial charge in [0.2, 0.25) is 0 Å². The zero-order valence-electron chi connectivity index (χ0n) is 15.3. The fourth-order valence-electron chi connectivity index (χ4n) is 2.69. The molecule has 1 heterocycles. The summed E-state index contributed by atoms with van der Waals surface area (Å²) in [4.78, 5) is 24.4. The average Bonchev–Trinajstić information content (AvgIpc) is 2.99. The van der Waals surface area contributed by atoms with Gasteiger partial charge < -0.3 is 14.5 Å². The first-order chi connectivity index (χ1) is 12.8. The number of nitrogens with one attached hydrogen (secondary N) is 1. The number of anilines is 1. The standard InChI is InChI=1S/C21H20FNO4/c1-12-4-7-17-15(11-26-19(17)8-12)9-20(24)27-14(3)21(25)23-16-6-5-13(2)18(22)10-16/h4-8,10-11,14H,9H2,1-3H3,(H,23,25)/t14-/m0/s1. The highest BCUT2D eigenvalue weighted by Crippen LogP contribution is 2.23. The molecule has 0 bridgehead atoms. The van der Waals surface area contributed by atoms with E-state index in [1.54, 1.807) is 19.1 Å². The van der Waals surface area contributed by atoms with Crippen LogP contribution in [0.25, 0.3) is 11.0 Å². The van der Waals surface area contributed by atoms with Crippen molar-refractivity contribution in [3.63, 3.8) is 0 Å². The van der Waals surface area contributed by atoms with Crippen LogP contribution in [-0.2, 0) is 20.7 Å². The van der Waals surface area contributed by atoms with Crippen molar-refractivity contribution >= 4 is 28.5 Å². The minimum absolute atomic E-state index is 0.00710. The lowest BCUT2D eigenvalue weighted by Crippen LogP contribution is -2.30. The molecule has 0 fully saturated rings. The topological polar surface area (TPSA) is 68.5 Å². The summed E-state index contributed by atoms with van der Waals surface area (Å²) in [6.45, 7) is 5.05. The normalized spacial score (nSPS) is 12.0. The molecule has 0 aliphatic rings. The van der Waals surface area contributed by atoms with E-state index in [0.29, 0.717) is 22.4 Å². The first kappa shape index (κ1) is 18.6. The third kappa shape index (κ3) is 4.34. The number of halogens is 1. The molecule has 1 amide bonds. The zero-order valence-corrected chi connectivity index (χ0v) is 15.3. The van der Waals surface area contributed by atoms with Crippen LogP contribution in [0.1, 0.15) is 23.6 Å². The van der Waals surface area contributed by atoms with Crippen LogP contribution >= 0.6 is 0 Å². The van der Waals surface area contributed by atoms with Gasteiger partial charge >= 0.3 is 5.97 Å². The second-order valence-corrected chi connectivity index (χ2v) is 6.52. The van der Waals surface area contributed by atoms with Crippen molar-refractivity contribution < 1.29 is 23.1 Å². The van der Waals surface area contributed by atoms with Gasteiger partial charge in [0.1, 0.15) is 11.4 Å². The van der Waals surface area contributed by atoms with Crippen LogP contribution in [0.2, 0.25) is 0 Å². The summed E-state index contributed by atoms with van der Waals surface area (Å²) >= 11 is 0. The summed E-state index contributed by atoms with van der Waals surface area (Å²) in [5.41, 5.74) is 3.24. The van der Waals surface area contributed by atoms with E-state index in [4.69, 9.17) is 9.15 Å². The van der Waals surface area contributed by atoms with Gasteiger partial charge in [-0.15, -0.1) is 0 Å². The van der Waals surface area contributed by atoms with E-state index in [2.05, 4.69) is 5.32 Å². The minimum Gasteiger partial charge on any atom is -0.464 e. The molecule has 0 aliphatic carbocycles. The van der Waals surface area contributed by atoms with Gasteiger partial charge in [-0.3, -0.25) is 9.59 Å². The summed E-state index contributed by atoms with van der Waals surface area (Å²) in [6.07, 6.45) is 0.500. The van der Waals surface area contributed by atoms with Gasteiger partial charge in [-0.2, -0.15) is 0 Å². The lowest BCUT2D eigenvalue weighted by atomic mass is 10.1. The van der Waals surface area contributed by atoms with Crippen LogP contribution in [0.5, 0.6) is 0 Å². The fraction of sp³-hybridized carbons (Fsp3) is 0.238. The first-order valence-corrected chi connectivity index (χ1v) is 8.56. The summed E-state index contributed by atoms with van der Waals surface area (Å²) in [5, 5.41) is 3.37. The monoisotopic (exact) mass is 369 g/mol. The second kappa shape index (κ2) is 7.61. The summed E-state index contributed by atoms with van der Waals surface area (Å²) in [7, 11) is 0. The van der Waals surface area contributed by atoms with Crippen LogP contribution < -0.4 is 5.32 Å². The summed E-state index contributed by atoms with van der Waals surface area (Å²) in [6, 6.07) is 10.1. The van der Waals surface area contributed by atoms with Crippen LogP contribution in [0.3, 0.4) is 0 Å². The average molecular weight is 369 g/mol. The Kier molecular flexibility index (Phi) is 5.26. The highest BCUT2D eigenvalue weighted by Gasteiger charge is 2.20. The first-order valence-electron chi connectivity index (χ1n) is 8.56. The molecule has 3 rings (SSSR count). The molecule has 27 heavy (non-hydrogen) atoms. The van der Waals surface area contributed by atoms with E-state index in [1.807, 2.05) is 25.1 Å². The van der Waals surface area contributed by atoms with Gasteiger partial charge in [-0.25, -0.2) is 4.39 Å². The number of rotatable bonds is 5. The molecule has 1 N–H and O–H groups in total. The lowest BCUT2D eigenvalue weighted by molar-refractivity contribution is -0.152. The molecule has 0 radical (unpaired) electrons. The fourth-order valence-corrected chi connectivity index (χ4v) is 2.69. The number of benzene rings is 2. The van der Waals surface area contributed by atoms with Gasteiger partial charge in [0.15, 0.2) is 6.10 Å². The molecule has 0 saturated carbocycles. The molecule has 5 nitrogen and oxygen atoms in total. The van der Waals surface area contributed by atoms with Gasteiger partial charge in [-0.05, 0) is 50.1 Å². The highest BCUT2D eigenvalue weighted by molar-refractivity contribution is 5.95. The van der Waals surface area contributed by atoms with E-state index in [0.717, 1.165) is 10.9 Å². The molecule has 0 unspecified atom stereocenters. The number of hydrogen-bond acceptors (Lipinski definition) is 4. The Morgan fingerprint density at radius 2 is 1.96 bits per heavy atom. The van der Waals surface area contributed by atoms with E-state index >= 15 is 0 Å². The Morgan fingerprint density at radius 1 is 1.19 bits per heavy atom. The smallest absolute Gasteiger partial charge is 0.311 e. The number of carbonyl (C=O) groups is 2.